The van der Waals surface area contributed by atoms with Gasteiger partial charge in [-0.3, -0.25) is 0 Å². The Morgan fingerprint density at radius 2 is 2.29 bits per heavy atom. The Kier molecular flexibility index (Phi) is 2.63. The summed E-state index contributed by atoms with van der Waals surface area (Å²) in [6.07, 6.45) is 0.705. The summed E-state index contributed by atoms with van der Waals surface area (Å²) in [7, 11) is 0. The summed E-state index contributed by atoms with van der Waals surface area (Å²) in [5.41, 5.74) is 2.43. The van der Waals surface area contributed by atoms with Gasteiger partial charge in [0.15, 0.2) is 5.82 Å². The molecule has 0 N–H and O–H groups in total. The number of benzene rings is 1. The third kappa shape index (κ3) is 2.20. The highest BCUT2D eigenvalue weighted by Gasteiger charge is 2.03. The van der Waals surface area contributed by atoms with E-state index in [2.05, 4.69) is 51.2 Å². The van der Waals surface area contributed by atoms with Gasteiger partial charge in [-0.15, -0.1) is 0 Å². The van der Waals surface area contributed by atoms with Gasteiger partial charge in [0, 0.05) is 22.4 Å². The van der Waals surface area contributed by atoms with Crippen molar-refractivity contribution < 1.29 is 4.52 Å². The Morgan fingerprint density at radius 1 is 1.43 bits per heavy atom. The zero-order valence-electron chi connectivity index (χ0n) is 7.70. The van der Waals surface area contributed by atoms with Gasteiger partial charge in [-0.25, -0.2) is 0 Å². The van der Waals surface area contributed by atoms with Crippen LogP contribution in [-0.2, 0) is 6.42 Å². The van der Waals surface area contributed by atoms with Gasteiger partial charge in [-0.05, 0) is 12.5 Å². The van der Waals surface area contributed by atoms with E-state index in [4.69, 9.17) is 4.52 Å². The molecule has 0 spiro atoms. The van der Waals surface area contributed by atoms with Crippen LogP contribution in [0, 0.1) is 6.92 Å². The van der Waals surface area contributed by atoms with Crippen molar-refractivity contribution in [2.75, 3.05) is 0 Å². The molecule has 0 aliphatic heterocycles. The summed E-state index contributed by atoms with van der Waals surface area (Å²) in [6.45, 7) is 2.07. The third-order valence-electron chi connectivity index (χ3n) is 1.89. The van der Waals surface area contributed by atoms with Gasteiger partial charge >= 0.3 is 0 Å². The average Bonchev–Trinajstić information content (AvgIpc) is 2.51. The molecule has 1 aromatic heterocycles. The molecule has 0 aliphatic carbocycles. The molecule has 0 atom stereocenters. The Morgan fingerprint density at radius 3 is 2.93 bits per heavy atom. The molecule has 3 nitrogen and oxygen atoms in total. The van der Waals surface area contributed by atoms with E-state index in [1.807, 2.05) is 6.07 Å². The molecule has 72 valence electrons. The molecule has 0 saturated heterocycles. The second-order valence-electron chi connectivity index (χ2n) is 3.13. The smallest absolute Gasteiger partial charge is 0.293 e. The Hall–Kier alpha value is -1.16. The molecular weight excluding hydrogens is 244 g/mol. The van der Waals surface area contributed by atoms with Crippen molar-refractivity contribution in [3.05, 3.63) is 46.0 Å². The van der Waals surface area contributed by atoms with E-state index in [-0.39, 0.29) is 0 Å². The number of hydrogen-bond acceptors (Lipinski definition) is 3. The van der Waals surface area contributed by atoms with Crippen LogP contribution in [0.2, 0.25) is 0 Å². The first-order valence-corrected chi connectivity index (χ1v) is 5.07. The van der Waals surface area contributed by atoms with Gasteiger partial charge < -0.3 is 4.52 Å². The molecule has 1 aromatic carbocycles. The summed E-state index contributed by atoms with van der Waals surface area (Å²) < 4.78 is 4.82. The number of nitrogens with zero attached hydrogens (tertiary/aromatic N) is 2. The second kappa shape index (κ2) is 3.92. The maximum atomic E-state index is 4.82. The predicted molar refractivity (Wildman–Crippen MR) is 56.0 cm³/mol. The van der Waals surface area contributed by atoms with Gasteiger partial charge in [-0.1, -0.05) is 35.0 Å². The molecule has 0 radical (unpaired) electrons. The van der Waals surface area contributed by atoms with Crippen LogP contribution < -0.4 is 0 Å². The van der Waals surface area contributed by atoms with E-state index in [9.17, 15) is 0 Å². The van der Waals surface area contributed by atoms with Gasteiger partial charge in [-0.2, -0.15) is 4.98 Å². The maximum Gasteiger partial charge on any atom is 0.293 e. The van der Waals surface area contributed by atoms with Crippen LogP contribution in [0.3, 0.4) is 0 Å². The molecule has 0 amide bonds. The average molecular weight is 253 g/mol. The molecule has 2 rings (SSSR count). The van der Waals surface area contributed by atoms with Crippen LogP contribution in [0.1, 0.15) is 17.0 Å². The minimum atomic E-state index is 0.431. The summed E-state index contributed by atoms with van der Waals surface area (Å²) in [5, 5.41) is 3.81. The van der Waals surface area contributed by atoms with E-state index < -0.39 is 0 Å². The second-order valence-corrected chi connectivity index (χ2v) is 3.81. The van der Waals surface area contributed by atoms with Crippen LogP contribution in [0.5, 0.6) is 0 Å². The van der Waals surface area contributed by atoms with Crippen molar-refractivity contribution in [1.29, 1.82) is 0 Å². The fraction of sp³-hybridized carbons (Fsp3) is 0.200. The molecule has 0 fully saturated rings. The van der Waals surface area contributed by atoms with Crippen molar-refractivity contribution in [1.82, 2.24) is 10.1 Å². The first-order chi connectivity index (χ1) is 6.74. The molecule has 0 saturated carbocycles. The van der Waals surface area contributed by atoms with Gasteiger partial charge in [0.25, 0.3) is 4.80 Å². The van der Waals surface area contributed by atoms with E-state index >= 15 is 0 Å². The standard InChI is InChI=1S/C10H9BrN2O/c1-7-3-2-4-8(5-7)6-9-12-10(11)14-13-9/h2-5H,6H2,1H3. The molecule has 14 heavy (non-hydrogen) atoms. The van der Waals surface area contributed by atoms with E-state index in [1.165, 1.54) is 11.1 Å². The first kappa shape index (κ1) is 9.40. The van der Waals surface area contributed by atoms with E-state index in [1.54, 1.807) is 0 Å². The minimum absolute atomic E-state index is 0.431. The van der Waals surface area contributed by atoms with Crippen LogP contribution in [0.4, 0.5) is 0 Å². The molecule has 0 aliphatic rings. The Labute approximate surface area is 90.3 Å². The number of hydrogen-bond donors (Lipinski definition) is 0. The molecule has 0 bridgehead atoms. The molecular formula is C10H9BrN2O. The van der Waals surface area contributed by atoms with E-state index in [0.717, 1.165) is 0 Å². The van der Waals surface area contributed by atoms with Crippen molar-refractivity contribution >= 4 is 15.9 Å². The quantitative estimate of drug-likeness (QED) is 0.825. The fourth-order valence-electron chi connectivity index (χ4n) is 1.31. The lowest BCUT2D eigenvalue weighted by Gasteiger charge is -1.97. The number of halogens is 1. The number of aryl methyl sites for hydroxylation is 1. The van der Waals surface area contributed by atoms with E-state index in [0.29, 0.717) is 17.0 Å². The summed E-state index contributed by atoms with van der Waals surface area (Å²) in [4.78, 5) is 4.51. The summed E-state index contributed by atoms with van der Waals surface area (Å²) in [5.74, 6) is 0.697. The van der Waals surface area contributed by atoms with Crippen LogP contribution in [0.15, 0.2) is 33.6 Å². The first-order valence-electron chi connectivity index (χ1n) is 4.27. The zero-order valence-corrected chi connectivity index (χ0v) is 9.28. The Bertz CT molecular complexity index is 439. The van der Waals surface area contributed by atoms with Crippen LogP contribution in [-0.4, -0.2) is 10.1 Å². The lowest BCUT2D eigenvalue weighted by Crippen LogP contribution is -1.90. The van der Waals surface area contributed by atoms with Crippen molar-refractivity contribution in [3.8, 4) is 0 Å². The Balaban J connectivity index is 2.18. The topological polar surface area (TPSA) is 38.9 Å². The van der Waals surface area contributed by atoms with Gasteiger partial charge in [0.1, 0.15) is 0 Å². The lowest BCUT2D eigenvalue weighted by atomic mass is 10.1. The monoisotopic (exact) mass is 252 g/mol. The SMILES string of the molecule is Cc1cccc(Cc2noc(Br)n2)c1. The number of rotatable bonds is 2. The third-order valence-corrected chi connectivity index (χ3v) is 2.21. The maximum absolute atomic E-state index is 4.82. The predicted octanol–water partition coefficient (Wildman–Crippen LogP) is 2.73. The van der Waals surface area contributed by atoms with Crippen molar-refractivity contribution in [3.63, 3.8) is 0 Å². The minimum Gasteiger partial charge on any atom is -0.327 e. The normalized spacial score (nSPS) is 10.4. The molecule has 0 unspecified atom stereocenters. The highest BCUT2D eigenvalue weighted by atomic mass is 79.9. The summed E-state index contributed by atoms with van der Waals surface area (Å²) >= 11 is 3.12. The van der Waals surface area contributed by atoms with Crippen LogP contribution in [0.25, 0.3) is 0 Å². The van der Waals surface area contributed by atoms with Crippen LogP contribution >= 0.6 is 15.9 Å². The van der Waals surface area contributed by atoms with Crippen molar-refractivity contribution in [2.45, 2.75) is 13.3 Å². The largest absolute Gasteiger partial charge is 0.327 e. The lowest BCUT2D eigenvalue weighted by molar-refractivity contribution is 0.391. The molecule has 2 aromatic rings. The fourth-order valence-corrected chi connectivity index (χ4v) is 1.59. The number of aromatic nitrogens is 2. The van der Waals surface area contributed by atoms with Gasteiger partial charge in [0.05, 0.1) is 0 Å². The van der Waals surface area contributed by atoms with Crippen molar-refractivity contribution in [2.24, 2.45) is 0 Å². The highest BCUT2D eigenvalue weighted by Crippen LogP contribution is 2.11. The van der Waals surface area contributed by atoms with Gasteiger partial charge in [0.2, 0.25) is 0 Å². The molecule has 1 heterocycles. The zero-order chi connectivity index (χ0) is 9.97. The summed E-state index contributed by atoms with van der Waals surface area (Å²) in [6, 6.07) is 8.26. The highest BCUT2D eigenvalue weighted by molar-refractivity contribution is 9.10. The molecule has 4 heteroatoms.